The molecule has 20 heavy (non-hydrogen) atoms. The summed E-state index contributed by atoms with van der Waals surface area (Å²) in [7, 11) is 0. The predicted molar refractivity (Wildman–Crippen MR) is 70.5 cm³/mol. The molecule has 0 fully saturated rings. The van der Waals surface area contributed by atoms with Crippen LogP contribution in [0.1, 0.15) is 16.8 Å². The second-order valence-electron chi connectivity index (χ2n) is 4.22. The molecule has 0 bridgehead atoms. The molecule has 106 valence electrons. The van der Waals surface area contributed by atoms with Crippen LogP contribution in [-0.4, -0.2) is 9.97 Å². The van der Waals surface area contributed by atoms with Gasteiger partial charge < -0.3 is 5.32 Å². The molecule has 0 aliphatic heterocycles. The van der Waals surface area contributed by atoms with Crippen LogP contribution in [-0.2, 0) is 12.7 Å². The van der Waals surface area contributed by atoms with Gasteiger partial charge in [0.25, 0.3) is 0 Å². The maximum Gasteiger partial charge on any atom is 0.416 e. The number of benzene rings is 1. The zero-order valence-electron chi connectivity index (χ0n) is 10.5. The van der Waals surface area contributed by atoms with Crippen LogP contribution in [0.3, 0.4) is 0 Å². The second-order valence-corrected chi connectivity index (χ2v) is 4.55. The van der Waals surface area contributed by atoms with E-state index in [1.165, 1.54) is 6.07 Å². The third-order valence-electron chi connectivity index (χ3n) is 2.55. The Morgan fingerprint density at radius 1 is 1.20 bits per heavy atom. The number of nitrogens with zero attached hydrogens (tertiary/aromatic N) is 2. The Kier molecular flexibility index (Phi) is 4.13. The topological polar surface area (TPSA) is 37.8 Å². The van der Waals surface area contributed by atoms with Gasteiger partial charge in [-0.1, -0.05) is 12.1 Å². The second kappa shape index (κ2) is 5.66. The van der Waals surface area contributed by atoms with E-state index in [2.05, 4.69) is 15.3 Å². The number of aromatic nitrogens is 2. The smallest absolute Gasteiger partial charge is 0.366 e. The van der Waals surface area contributed by atoms with Gasteiger partial charge in [-0.05, 0) is 36.2 Å². The molecule has 0 unspecified atom stereocenters. The number of rotatable bonds is 3. The highest BCUT2D eigenvalue weighted by Gasteiger charge is 2.30. The number of hydrogen-bond acceptors (Lipinski definition) is 3. The molecule has 0 saturated carbocycles. The minimum atomic E-state index is -4.34. The monoisotopic (exact) mass is 301 g/mol. The summed E-state index contributed by atoms with van der Waals surface area (Å²) < 4.78 is 37.7. The first kappa shape index (κ1) is 14.6. The van der Waals surface area contributed by atoms with E-state index in [-0.39, 0.29) is 11.8 Å². The first-order chi connectivity index (χ1) is 9.34. The predicted octanol–water partition coefficient (Wildman–Crippen LogP) is 4.07. The van der Waals surface area contributed by atoms with Gasteiger partial charge in [0, 0.05) is 18.3 Å². The Hall–Kier alpha value is -1.82. The molecule has 3 nitrogen and oxygen atoms in total. The van der Waals surface area contributed by atoms with Gasteiger partial charge >= 0.3 is 6.18 Å². The van der Waals surface area contributed by atoms with Crippen LogP contribution in [0.25, 0.3) is 0 Å². The zero-order chi connectivity index (χ0) is 14.8. The Labute approximate surface area is 118 Å². The van der Waals surface area contributed by atoms with Gasteiger partial charge in [0.1, 0.15) is 5.82 Å². The summed E-state index contributed by atoms with van der Waals surface area (Å²) in [6.45, 7) is 1.97. The Bertz CT molecular complexity index is 594. The lowest BCUT2D eigenvalue weighted by Gasteiger charge is -2.10. The lowest BCUT2D eigenvalue weighted by atomic mass is 10.1. The summed E-state index contributed by atoms with van der Waals surface area (Å²) in [5, 5.41) is 3.01. The van der Waals surface area contributed by atoms with E-state index in [1.54, 1.807) is 19.1 Å². The van der Waals surface area contributed by atoms with Crippen LogP contribution in [0.5, 0.6) is 0 Å². The summed E-state index contributed by atoms with van der Waals surface area (Å²) in [6.07, 6.45) is -4.34. The molecule has 1 aromatic heterocycles. The molecule has 0 atom stereocenters. The molecule has 0 spiro atoms. The highest BCUT2D eigenvalue weighted by atomic mass is 35.5. The summed E-state index contributed by atoms with van der Waals surface area (Å²) in [5.41, 5.74) is 0.512. The average molecular weight is 302 g/mol. The van der Waals surface area contributed by atoms with Crippen molar-refractivity contribution in [2.24, 2.45) is 0 Å². The lowest BCUT2D eigenvalue weighted by Crippen LogP contribution is -2.07. The third kappa shape index (κ3) is 3.84. The van der Waals surface area contributed by atoms with Crippen molar-refractivity contribution in [2.75, 3.05) is 5.32 Å². The van der Waals surface area contributed by atoms with Crippen LogP contribution in [0.15, 0.2) is 30.3 Å². The van der Waals surface area contributed by atoms with Crippen LogP contribution in [0.4, 0.5) is 19.0 Å². The Balaban J connectivity index is 2.11. The summed E-state index contributed by atoms with van der Waals surface area (Å²) in [6, 6.07) is 6.79. The molecule has 1 aromatic carbocycles. The van der Waals surface area contributed by atoms with E-state index in [0.29, 0.717) is 17.1 Å². The highest BCUT2D eigenvalue weighted by Crippen LogP contribution is 2.29. The first-order valence-electron chi connectivity index (χ1n) is 5.76. The quantitative estimate of drug-likeness (QED) is 0.868. The highest BCUT2D eigenvalue weighted by molar-refractivity contribution is 6.28. The zero-order valence-corrected chi connectivity index (χ0v) is 11.3. The molecule has 0 saturated heterocycles. The molecule has 2 aromatic rings. The molecule has 1 heterocycles. The maximum atomic E-state index is 12.6. The molecule has 0 radical (unpaired) electrons. The summed E-state index contributed by atoms with van der Waals surface area (Å²) >= 11 is 5.71. The average Bonchev–Trinajstić information content (AvgIpc) is 2.35. The van der Waals surface area contributed by atoms with Crippen molar-refractivity contribution in [2.45, 2.75) is 19.6 Å². The SMILES string of the molecule is Cc1cc(NCc2cccc(C(F)(F)F)c2)nc(Cl)n1. The Morgan fingerprint density at radius 2 is 1.95 bits per heavy atom. The van der Waals surface area contributed by atoms with Gasteiger partial charge in [0.05, 0.1) is 5.56 Å². The van der Waals surface area contributed by atoms with E-state index in [1.807, 2.05) is 0 Å². The van der Waals surface area contributed by atoms with Gasteiger partial charge in [0.2, 0.25) is 5.28 Å². The number of aryl methyl sites for hydroxylation is 1. The van der Waals surface area contributed by atoms with Crippen molar-refractivity contribution < 1.29 is 13.2 Å². The first-order valence-corrected chi connectivity index (χ1v) is 6.13. The van der Waals surface area contributed by atoms with Crippen molar-refractivity contribution in [3.63, 3.8) is 0 Å². The van der Waals surface area contributed by atoms with E-state index in [4.69, 9.17) is 11.6 Å². The standard InChI is InChI=1S/C13H11ClF3N3/c1-8-5-11(20-12(14)19-8)18-7-9-3-2-4-10(6-9)13(15,16)17/h2-6H,7H2,1H3,(H,18,19,20). The van der Waals surface area contributed by atoms with Crippen molar-refractivity contribution >= 4 is 17.4 Å². The number of anilines is 1. The molecular formula is C13H11ClF3N3. The molecule has 2 rings (SSSR count). The molecule has 1 N–H and O–H groups in total. The normalized spacial score (nSPS) is 11.4. The van der Waals surface area contributed by atoms with Crippen LogP contribution in [0, 0.1) is 6.92 Å². The summed E-state index contributed by atoms with van der Waals surface area (Å²) in [5.74, 6) is 0.472. The molecule has 0 aliphatic carbocycles. The van der Waals surface area contributed by atoms with Gasteiger partial charge in [-0.15, -0.1) is 0 Å². The molecule has 0 amide bonds. The number of nitrogens with one attached hydrogen (secondary N) is 1. The fourth-order valence-electron chi connectivity index (χ4n) is 1.67. The number of halogens is 4. The fourth-order valence-corrected chi connectivity index (χ4v) is 1.90. The van der Waals surface area contributed by atoms with Crippen molar-refractivity contribution in [3.05, 3.63) is 52.4 Å². The van der Waals surface area contributed by atoms with Gasteiger partial charge in [0.15, 0.2) is 0 Å². The maximum absolute atomic E-state index is 12.6. The van der Waals surface area contributed by atoms with E-state index in [9.17, 15) is 13.2 Å². The lowest BCUT2D eigenvalue weighted by molar-refractivity contribution is -0.137. The molecular weight excluding hydrogens is 291 g/mol. The van der Waals surface area contributed by atoms with Gasteiger partial charge in [-0.3, -0.25) is 0 Å². The molecule has 7 heteroatoms. The number of hydrogen-bond donors (Lipinski definition) is 1. The van der Waals surface area contributed by atoms with E-state index < -0.39 is 11.7 Å². The van der Waals surface area contributed by atoms with Crippen molar-refractivity contribution in [1.29, 1.82) is 0 Å². The third-order valence-corrected chi connectivity index (χ3v) is 2.72. The molecule has 0 aliphatic rings. The largest absolute Gasteiger partial charge is 0.416 e. The van der Waals surface area contributed by atoms with E-state index in [0.717, 1.165) is 12.1 Å². The summed E-state index contributed by atoms with van der Waals surface area (Å²) in [4.78, 5) is 7.84. The Morgan fingerprint density at radius 3 is 2.60 bits per heavy atom. The van der Waals surface area contributed by atoms with Gasteiger partial charge in [-0.25, -0.2) is 9.97 Å². The van der Waals surface area contributed by atoms with Crippen LogP contribution in [0.2, 0.25) is 5.28 Å². The van der Waals surface area contributed by atoms with Crippen LogP contribution >= 0.6 is 11.6 Å². The number of alkyl halides is 3. The van der Waals surface area contributed by atoms with Crippen molar-refractivity contribution in [1.82, 2.24) is 9.97 Å². The fraction of sp³-hybridized carbons (Fsp3) is 0.231. The minimum Gasteiger partial charge on any atom is -0.366 e. The van der Waals surface area contributed by atoms with Crippen LogP contribution < -0.4 is 5.32 Å². The van der Waals surface area contributed by atoms with Gasteiger partial charge in [-0.2, -0.15) is 13.2 Å². The van der Waals surface area contributed by atoms with E-state index >= 15 is 0 Å². The van der Waals surface area contributed by atoms with Crippen molar-refractivity contribution in [3.8, 4) is 0 Å². The minimum absolute atomic E-state index is 0.0940.